The lowest BCUT2D eigenvalue weighted by atomic mass is 9.92. The first-order chi connectivity index (χ1) is 71.3. The summed E-state index contributed by atoms with van der Waals surface area (Å²) in [5.41, 5.74) is 39.4. The number of benzene rings is 19. The Bertz CT molecular complexity index is 9260. The van der Waals surface area contributed by atoms with E-state index >= 15 is 0 Å². The molecule has 676 valence electrons. The molecule has 0 aliphatic heterocycles. The molecule has 27 aromatic rings. The van der Waals surface area contributed by atoms with Crippen LogP contribution in [0.3, 0.4) is 0 Å². The number of pyridine rings is 2. The third kappa shape index (κ3) is 17.4. The molecule has 27 rings (SSSR count). The standard InChI is InChI=1S/C47H30N4O.C47H31NO.C39H25N3O/c1-3-11-32(12-4-1)41-30-42(33-21-19-31(20-22-33)36-25-28-45-39(29-36)38-15-7-10-18-44(38)52-45)49-46(48-41)34-23-26-37(27-24-34)51-43-17-9-8-16-40(43)50-47(51)35-13-5-2-6-14-35;1-4-12-32(13-5-1)38-26-39(33-14-6-2-7-15-33)28-40(27-38)41-30-44(35-16-8-3-9-17-35)48-45(31-41)36-22-20-34(21-23-36)37-24-25-47-43(29-37)42-18-10-11-19-46(42)49-47;1-4-12-27(13-5-1)33-24-32(38-37(40-33)31-18-10-11-19-36(31)43-38)26-20-22-29(23-21-26)35-25-34(28-14-6-2-7-15-28)41-39(42-35)30-16-8-3-9-17-30/h1-30H;1-31H;1-25H. The van der Waals surface area contributed by atoms with Gasteiger partial charge in [0, 0.05) is 93.8 Å². The van der Waals surface area contributed by atoms with Gasteiger partial charge in [-0.3, -0.25) is 4.57 Å². The van der Waals surface area contributed by atoms with Gasteiger partial charge in [-0.1, -0.05) is 388 Å². The monoisotopic (exact) mass is 1840 g/mol. The molecule has 0 spiro atoms. The molecule has 19 aromatic carbocycles. The predicted octanol–water partition coefficient (Wildman–Crippen LogP) is 35.1. The normalized spacial score (nSPS) is 11.3. The van der Waals surface area contributed by atoms with E-state index in [1.54, 1.807) is 0 Å². The van der Waals surface area contributed by atoms with Gasteiger partial charge >= 0.3 is 0 Å². The number of nitrogens with zero attached hydrogens (tertiary/aromatic N) is 8. The maximum Gasteiger partial charge on any atom is 0.161 e. The molecule has 144 heavy (non-hydrogen) atoms. The molecule has 0 N–H and O–H groups in total. The van der Waals surface area contributed by atoms with Crippen LogP contribution in [0.25, 0.3) is 262 Å². The number of fused-ring (bicyclic) bond motifs is 10. The summed E-state index contributed by atoms with van der Waals surface area (Å²) in [4.78, 5) is 35.4. The summed E-state index contributed by atoms with van der Waals surface area (Å²) in [7, 11) is 0. The first-order valence-corrected chi connectivity index (χ1v) is 48.3. The molecule has 0 saturated carbocycles. The molecule has 0 bridgehead atoms. The van der Waals surface area contributed by atoms with Crippen molar-refractivity contribution in [2.24, 2.45) is 0 Å². The van der Waals surface area contributed by atoms with E-state index in [9.17, 15) is 0 Å². The molecular weight excluding hydrogens is 1760 g/mol. The van der Waals surface area contributed by atoms with Crippen molar-refractivity contribution in [3.8, 4) is 185 Å². The summed E-state index contributed by atoms with van der Waals surface area (Å²) in [6.45, 7) is 0. The van der Waals surface area contributed by atoms with Crippen LogP contribution in [0.15, 0.2) is 535 Å². The largest absolute Gasteiger partial charge is 0.456 e. The van der Waals surface area contributed by atoms with Crippen LogP contribution in [0.4, 0.5) is 0 Å². The lowest BCUT2D eigenvalue weighted by molar-refractivity contribution is 0.668. The van der Waals surface area contributed by atoms with E-state index < -0.39 is 0 Å². The SMILES string of the molecule is c1ccc(-c2cc(-c3ccc(-c4cc(-c5ccccc5)nc5c4oc4ccccc45)cc3)nc(-c3ccccc3)n2)cc1.c1ccc(-c2cc(-c3ccc(-c4ccc5oc6ccccc6c5c4)cc3)nc(-c3ccc(-n4c(-c5ccccc5)nc5ccccc54)cc3)n2)cc1.c1ccc(-c2cc(-c3ccccc3)cc(-c3cc(-c4ccccc4)nc(-c4ccc(-c5ccc6oc7ccccc7c6c5)cc4)c3)c2)cc1. The van der Waals surface area contributed by atoms with Crippen LogP contribution < -0.4 is 0 Å². The Morgan fingerprint density at radius 1 is 0.160 bits per heavy atom. The summed E-state index contributed by atoms with van der Waals surface area (Å²) in [5, 5.41) is 5.52. The Morgan fingerprint density at radius 3 is 0.889 bits per heavy atom. The highest BCUT2D eigenvalue weighted by Gasteiger charge is 2.23. The topological polar surface area (TPSA) is 135 Å². The molecule has 0 radical (unpaired) electrons. The molecule has 0 fully saturated rings. The van der Waals surface area contributed by atoms with Crippen molar-refractivity contribution in [1.82, 2.24) is 39.5 Å². The highest BCUT2D eigenvalue weighted by atomic mass is 16.3. The van der Waals surface area contributed by atoms with E-state index in [0.29, 0.717) is 11.6 Å². The second kappa shape index (κ2) is 38.1. The molecule has 11 nitrogen and oxygen atoms in total. The average Bonchev–Trinajstić information content (AvgIpc) is 1.65. The zero-order chi connectivity index (χ0) is 95.6. The Hall–Kier alpha value is -19.5. The van der Waals surface area contributed by atoms with E-state index in [-0.39, 0.29) is 0 Å². The van der Waals surface area contributed by atoms with Gasteiger partial charge < -0.3 is 13.3 Å². The van der Waals surface area contributed by atoms with Crippen molar-refractivity contribution in [2.75, 3.05) is 0 Å². The quantitative estimate of drug-likeness (QED) is 0.0867. The first kappa shape index (κ1) is 86.1. The van der Waals surface area contributed by atoms with Crippen LogP contribution in [0, 0.1) is 0 Å². The highest BCUT2D eigenvalue weighted by molar-refractivity contribution is 6.10. The smallest absolute Gasteiger partial charge is 0.161 e. The number of rotatable bonds is 17. The second-order valence-corrected chi connectivity index (χ2v) is 35.8. The zero-order valence-electron chi connectivity index (χ0n) is 78.0. The summed E-state index contributed by atoms with van der Waals surface area (Å²) < 4.78 is 20.7. The van der Waals surface area contributed by atoms with E-state index in [4.69, 9.17) is 48.1 Å². The first-order valence-electron chi connectivity index (χ1n) is 48.3. The minimum Gasteiger partial charge on any atom is -0.456 e. The Balaban J connectivity index is 0.000000114. The van der Waals surface area contributed by atoms with Gasteiger partial charge in [-0.2, -0.15) is 0 Å². The fourth-order valence-corrected chi connectivity index (χ4v) is 19.3. The van der Waals surface area contributed by atoms with Gasteiger partial charge in [-0.05, 0) is 195 Å². The molecule has 8 aromatic heterocycles. The maximum atomic E-state index is 6.39. The second-order valence-electron chi connectivity index (χ2n) is 35.8. The van der Waals surface area contributed by atoms with Crippen LogP contribution in [0.1, 0.15) is 0 Å². The minimum absolute atomic E-state index is 0.669. The predicted molar refractivity (Wildman–Crippen MR) is 590 cm³/mol. The van der Waals surface area contributed by atoms with Gasteiger partial charge in [0.05, 0.1) is 50.9 Å². The number of hydrogen-bond donors (Lipinski definition) is 0. The molecule has 0 amide bonds. The third-order valence-electron chi connectivity index (χ3n) is 26.6. The van der Waals surface area contributed by atoms with Crippen molar-refractivity contribution < 1.29 is 13.3 Å². The lowest BCUT2D eigenvalue weighted by Crippen LogP contribution is -1.99. The number of imidazole rings is 1. The minimum atomic E-state index is 0.669. The van der Waals surface area contributed by atoms with Gasteiger partial charge in [0.2, 0.25) is 0 Å². The van der Waals surface area contributed by atoms with Crippen LogP contribution in [-0.4, -0.2) is 39.5 Å². The number of aromatic nitrogens is 8. The lowest BCUT2D eigenvalue weighted by Gasteiger charge is -2.14. The molecule has 0 unspecified atom stereocenters. The number of hydrogen-bond acceptors (Lipinski definition) is 10. The highest BCUT2D eigenvalue weighted by Crippen LogP contribution is 2.44. The molecule has 0 aliphatic rings. The van der Waals surface area contributed by atoms with E-state index in [0.717, 1.165) is 228 Å². The van der Waals surface area contributed by atoms with Crippen LogP contribution in [0.5, 0.6) is 0 Å². The van der Waals surface area contributed by atoms with Gasteiger partial charge in [0.15, 0.2) is 17.2 Å². The molecule has 11 heteroatoms. The van der Waals surface area contributed by atoms with Crippen LogP contribution >= 0.6 is 0 Å². The van der Waals surface area contributed by atoms with Crippen molar-refractivity contribution in [2.45, 2.75) is 0 Å². The Labute approximate surface area is 831 Å². The maximum absolute atomic E-state index is 6.39. The fraction of sp³-hybridized carbons (Fsp3) is 0. The van der Waals surface area contributed by atoms with Crippen LogP contribution in [0.2, 0.25) is 0 Å². The zero-order valence-corrected chi connectivity index (χ0v) is 78.0. The summed E-state index contributed by atoms with van der Waals surface area (Å²) in [6, 6.07) is 180. The summed E-state index contributed by atoms with van der Waals surface area (Å²) in [6.07, 6.45) is 0. The molecular formula is C133H86N8O3. The van der Waals surface area contributed by atoms with E-state index in [1.807, 2.05) is 158 Å². The molecule has 0 atom stereocenters. The van der Waals surface area contributed by atoms with Gasteiger partial charge in [-0.25, -0.2) is 34.9 Å². The van der Waals surface area contributed by atoms with Crippen molar-refractivity contribution in [3.63, 3.8) is 0 Å². The van der Waals surface area contributed by atoms with Crippen molar-refractivity contribution >= 4 is 77.0 Å². The Morgan fingerprint density at radius 2 is 0.451 bits per heavy atom. The van der Waals surface area contributed by atoms with E-state index in [1.165, 1.54) is 22.3 Å². The van der Waals surface area contributed by atoms with Gasteiger partial charge in [0.25, 0.3) is 0 Å². The van der Waals surface area contributed by atoms with E-state index in [2.05, 4.69) is 369 Å². The molecule has 0 aliphatic carbocycles. The van der Waals surface area contributed by atoms with Gasteiger partial charge in [-0.15, -0.1) is 0 Å². The van der Waals surface area contributed by atoms with Crippen LogP contribution in [-0.2, 0) is 0 Å². The number of para-hydroxylation sites is 5. The average molecular weight is 1840 g/mol. The van der Waals surface area contributed by atoms with Crippen molar-refractivity contribution in [3.05, 3.63) is 522 Å². The number of furan rings is 3. The Kier molecular flexibility index (Phi) is 22.8. The summed E-state index contributed by atoms with van der Waals surface area (Å²) >= 11 is 0. The fourth-order valence-electron chi connectivity index (χ4n) is 19.3. The third-order valence-corrected chi connectivity index (χ3v) is 26.6. The molecule has 0 saturated heterocycles. The van der Waals surface area contributed by atoms with Crippen molar-refractivity contribution in [1.29, 1.82) is 0 Å². The summed E-state index contributed by atoms with van der Waals surface area (Å²) in [5.74, 6) is 2.27. The molecule has 8 heterocycles. The van der Waals surface area contributed by atoms with Gasteiger partial charge in [0.1, 0.15) is 39.3 Å².